The van der Waals surface area contributed by atoms with Crippen molar-refractivity contribution in [2.75, 3.05) is 57.3 Å². The summed E-state index contributed by atoms with van der Waals surface area (Å²) in [6, 6.07) is 12.4. The SMILES string of the molecule is COc1cccc(OC)c1C(=O)OCC(=O)Nc1ccc(N2CCOCC2)cc1. The molecule has 8 heteroatoms. The van der Waals surface area contributed by atoms with E-state index in [2.05, 4.69) is 10.2 Å². The number of morpholine rings is 1. The van der Waals surface area contributed by atoms with Crippen molar-refractivity contribution in [3.63, 3.8) is 0 Å². The molecule has 0 spiro atoms. The number of carbonyl (C=O) groups is 2. The molecule has 0 saturated carbocycles. The zero-order valence-electron chi connectivity index (χ0n) is 16.5. The van der Waals surface area contributed by atoms with Gasteiger partial charge in [0.2, 0.25) is 0 Å². The van der Waals surface area contributed by atoms with Crippen LogP contribution in [-0.4, -0.2) is 59.0 Å². The largest absolute Gasteiger partial charge is 0.496 e. The van der Waals surface area contributed by atoms with Crippen LogP contribution in [-0.2, 0) is 14.3 Å². The number of nitrogens with zero attached hydrogens (tertiary/aromatic N) is 1. The maximum atomic E-state index is 12.4. The summed E-state index contributed by atoms with van der Waals surface area (Å²) in [5.74, 6) is -0.509. The van der Waals surface area contributed by atoms with Crippen molar-refractivity contribution < 1.29 is 28.5 Å². The summed E-state index contributed by atoms with van der Waals surface area (Å²) in [5.41, 5.74) is 1.83. The number of carbonyl (C=O) groups excluding carboxylic acids is 2. The lowest BCUT2D eigenvalue weighted by Crippen LogP contribution is -2.36. The molecule has 1 fully saturated rings. The lowest BCUT2D eigenvalue weighted by Gasteiger charge is -2.28. The first kappa shape index (κ1) is 20.5. The van der Waals surface area contributed by atoms with Gasteiger partial charge in [0, 0.05) is 24.5 Å². The maximum Gasteiger partial charge on any atom is 0.346 e. The number of amides is 1. The van der Waals surface area contributed by atoms with Gasteiger partial charge in [-0.25, -0.2) is 4.79 Å². The number of esters is 1. The second kappa shape index (κ2) is 9.79. The molecule has 8 nitrogen and oxygen atoms in total. The molecular formula is C21H24N2O6. The van der Waals surface area contributed by atoms with Crippen LogP contribution in [0.4, 0.5) is 11.4 Å². The summed E-state index contributed by atoms with van der Waals surface area (Å²) < 4.78 is 20.8. The van der Waals surface area contributed by atoms with Crippen LogP contribution in [0.5, 0.6) is 11.5 Å². The topological polar surface area (TPSA) is 86.3 Å². The van der Waals surface area contributed by atoms with Gasteiger partial charge in [-0.05, 0) is 36.4 Å². The van der Waals surface area contributed by atoms with Crippen molar-refractivity contribution in [3.8, 4) is 11.5 Å². The zero-order valence-corrected chi connectivity index (χ0v) is 16.5. The summed E-state index contributed by atoms with van der Waals surface area (Å²) in [7, 11) is 2.89. The fraction of sp³-hybridized carbons (Fsp3) is 0.333. The Morgan fingerprint density at radius 1 is 1.00 bits per heavy atom. The Morgan fingerprint density at radius 3 is 2.21 bits per heavy atom. The molecule has 29 heavy (non-hydrogen) atoms. The lowest BCUT2D eigenvalue weighted by molar-refractivity contribution is -0.119. The highest BCUT2D eigenvalue weighted by Crippen LogP contribution is 2.28. The second-order valence-corrected chi connectivity index (χ2v) is 6.31. The molecule has 154 valence electrons. The Morgan fingerprint density at radius 2 is 1.62 bits per heavy atom. The van der Waals surface area contributed by atoms with Gasteiger partial charge in [0.05, 0.1) is 27.4 Å². The van der Waals surface area contributed by atoms with Crippen molar-refractivity contribution in [2.24, 2.45) is 0 Å². The van der Waals surface area contributed by atoms with Crippen LogP contribution in [0.2, 0.25) is 0 Å². The molecule has 0 unspecified atom stereocenters. The molecule has 1 aliphatic rings. The van der Waals surface area contributed by atoms with Gasteiger partial charge in [0.1, 0.15) is 17.1 Å². The van der Waals surface area contributed by atoms with Gasteiger partial charge >= 0.3 is 5.97 Å². The Hall–Kier alpha value is -3.26. The van der Waals surface area contributed by atoms with Crippen molar-refractivity contribution in [1.82, 2.24) is 0 Å². The number of ether oxygens (including phenoxy) is 4. The summed E-state index contributed by atoms with van der Waals surface area (Å²) >= 11 is 0. The fourth-order valence-corrected chi connectivity index (χ4v) is 3.03. The molecule has 2 aromatic carbocycles. The summed E-state index contributed by atoms with van der Waals surface area (Å²) in [6.45, 7) is 2.68. The molecule has 0 radical (unpaired) electrons. The molecule has 0 aromatic heterocycles. The quantitative estimate of drug-likeness (QED) is 0.714. The van der Waals surface area contributed by atoms with Crippen LogP contribution < -0.4 is 19.7 Å². The van der Waals surface area contributed by atoms with Gasteiger partial charge in [-0.3, -0.25) is 4.79 Å². The van der Waals surface area contributed by atoms with E-state index in [1.807, 2.05) is 24.3 Å². The molecule has 0 bridgehead atoms. The Kier molecular flexibility index (Phi) is 6.91. The molecule has 1 saturated heterocycles. The Bertz CT molecular complexity index is 824. The van der Waals surface area contributed by atoms with Gasteiger partial charge < -0.3 is 29.2 Å². The first-order valence-corrected chi connectivity index (χ1v) is 9.23. The van der Waals surface area contributed by atoms with Crippen LogP contribution in [0.15, 0.2) is 42.5 Å². The summed E-state index contributed by atoms with van der Waals surface area (Å²) in [4.78, 5) is 26.8. The molecular weight excluding hydrogens is 376 g/mol. The third-order valence-corrected chi connectivity index (χ3v) is 4.49. The summed E-state index contributed by atoms with van der Waals surface area (Å²) in [6.07, 6.45) is 0. The highest BCUT2D eigenvalue weighted by atomic mass is 16.5. The highest BCUT2D eigenvalue weighted by Gasteiger charge is 2.20. The number of anilines is 2. The van der Waals surface area contributed by atoms with Crippen LogP contribution in [0.3, 0.4) is 0 Å². The van der Waals surface area contributed by atoms with E-state index in [0.29, 0.717) is 30.4 Å². The number of hydrogen-bond acceptors (Lipinski definition) is 7. The minimum Gasteiger partial charge on any atom is -0.496 e. The second-order valence-electron chi connectivity index (χ2n) is 6.31. The van der Waals surface area contributed by atoms with Gasteiger partial charge in [0.15, 0.2) is 6.61 Å². The standard InChI is InChI=1S/C21H24N2O6/c1-26-17-4-3-5-18(27-2)20(17)21(25)29-14-19(24)22-15-6-8-16(9-7-15)23-10-12-28-13-11-23/h3-9H,10-14H2,1-2H3,(H,22,24). The number of benzene rings is 2. The third kappa shape index (κ3) is 5.17. The number of rotatable bonds is 7. The van der Waals surface area contributed by atoms with Gasteiger partial charge in [-0.15, -0.1) is 0 Å². The van der Waals surface area contributed by atoms with Crippen LogP contribution in [0.1, 0.15) is 10.4 Å². The fourth-order valence-electron chi connectivity index (χ4n) is 3.03. The Balaban J connectivity index is 1.55. The van der Waals surface area contributed by atoms with E-state index in [4.69, 9.17) is 18.9 Å². The molecule has 0 atom stereocenters. The van der Waals surface area contributed by atoms with Crippen LogP contribution >= 0.6 is 0 Å². The lowest BCUT2D eigenvalue weighted by atomic mass is 10.2. The molecule has 0 aliphatic carbocycles. The van der Waals surface area contributed by atoms with E-state index in [9.17, 15) is 9.59 Å². The average molecular weight is 400 g/mol. The third-order valence-electron chi connectivity index (χ3n) is 4.49. The van der Waals surface area contributed by atoms with Gasteiger partial charge in [-0.2, -0.15) is 0 Å². The number of nitrogens with one attached hydrogen (secondary N) is 1. The Labute approximate surface area is 169 Å². The maximum absolute atomic E-state index is 12.4. The van der Waals surface area contributed by atoms with Crippen molar-refractivity contribution in [1.29, 1.82) is 0 Å². The van der Waals surface area contributed by atoms with E-state index in [0.717, 1.165) is 18.8 Å². The molecule has 1 N–H and O–H groups in total. The molecule has 1 heterocycles. The molecule has 3 rings (SSSR count). The summed E-state index contributed by atoms with van der Waals surface area (Å²) in [5, 5.41) is 2.71. The number of methoxy groups -OCH3 is 2. The van der Waals surface area contributed by atoms with Crippen molar-refractivity contribution in [2.45, 2.75) is 0 Å². The zero-order chi connectivity index (χ0) is 20.6. The monoisotopic (exact) mass is 400 g/mol. The van der Waals surface area contributed by atoms with Crippen molar-refractivity contribution in [3.05, 3.63) is 48.0 Å². The smallest absolute Gasteiger partial charge is 0.346 e. The number of hydrogen-bond donors (Lipinski definition) is 1. The highest BCUT2D eigenvalue weighted by molar-refractivity contribution is 5.98. The predicted octanol–water partition coefficient (Wildman–Crippen LogP) is 2.34. The van der Waals surface area contributed by atoms with Gasteiger partial charge in [0.25, 0.3) is 5.91 Å². The first-order valence-electron chi connectivity index (χ1n) is 9.23. The normalized spacial score (nSPS) is 13.5. The van der Waals surface area contributed by atoms with E-state index < -0.39 is 18.5 Å². The van der Waals surface area contributed by atoms with E-state index in [-0.39, 0.29) is 5.56 Å². The molecule has 1 aliphatic heterocycles. The average Bonchev–Trinajstić information content (AvgIpc) is 2.78. The van der Waals surface area contributed by atoms with Crippen LogP contribution in [0.25, 0.3) is 0 Å². The minimum atomic E-state index is -0.697. The van der Waals surface area contributed by atoms with E-state index in [1.165, 1.54) is 14.2 Å². The van der Waals surface area contributed by atoms with E-state index in [1.54, 1.807) is 18.2 Å². The van der Waals surface area contributed by atoms with Gasteiger partial charge in [-0.1, -0.05) is 6.07 Å². The predicted molar refractivity (Wildman–Crippen MR) is 108 cm³/mol. The molecule has 1 amide bonds. The van der Waals surface area contributed by atoms with E-state index >= 15 is 0 Å². The van der Waals surface area contributed by atoms with Crippen LogP contribution in [0, 0.1) is 0 Å². The first-order chi connectivity index (χ1) is 14.1. The molecule has 2 aromatic rings. The van der Waals surface area contributed by atoms with Crippen molar-refractivity contribution >= 4 is 23.3 Å². The minimum absolute atomic E-state index is 0.139.